The second-order valence-electron chi connectivity index (χ2n) is 6.39. The Bertz CT molecular complexity index is 885. The number of amides is 1. The van der Waals surface area contributed by atoms with Gasteiger partial charge in [0.2, 0.25) is 17.6 Å². The van der Waals surface area contributed by atoms with Crippen LogP contribution in [-0.4, -0.2) is 52.0 Å². The summed E-state index contributed by atoms with van der Waals surface area (Å²) in [7, 11) is 0. The molecule has 6 nitrogen and oxygen atoms in total. The highest BCUT2D eigenvalue weighted by Gasteiger charge is 2.22. The van der Waals surface area contributed by atoms with Gasteiger partial charge in [0.1, 0.15) is 0 Å². The van der Waals surface area contributed by atoms with E-state index in [1.165, 1.54) is 4.88 Å². The van der Waals surface area contributed by atoms with E-state index in [9.17, 15) is 4.79 Å². The number of aryl methyl sites for hydroxylation is 1. The van der Waals surface area contributed by atoms with Crippen molar-refractivity contribution >= 4 is 44.5 Å². The fourth-order valence-electron chi connectivity index (χ4n) is 3.05. The molecule has 9 heteroatoms. The van der Waals surface area contributed by atoms with Crippen LogP contribution in [0.4, 0.5) is 0 Å². The third-order valence-electron chi connectivity index (χ3n) is 4.53. The molecule has 1 amide bonds. The quantitative estimate of drug-likeness (QED) is 0.551. The Labute approximate surface area is 173 Å². The summed E-state index contributed by atoms with van der Waals surface area (Å²) in [4.78, 5) is 22.6. The zero-order valence-corrected chi connectivity index (χ0v) is 17.9. The number of aromatic nitrogens is 2. The van der Waals surface area contributed by atoms with Gasteiger partial charge < -0.3 is 9.42 Å². The van der Waals surface area contributed by atoms with Gasteiger partial charge in [0.15, 0.2) is 0 Å². The highest BCUT2D eigenvalue weighted by Crippen LogP contribution is 2.24. The zero-order chi connectivity index (χ0) is 18.6. The van der Waals surface area contributed by atoms with E-state index in [0.29, 0.717) is 24.6 Å². The summed E-state index contributed by atoms with van der Waals surface area (Å²) in [5.41, 5.74) is 0.954. The Morgan fingerprint density at radius 1 is 1.22 bits per heavy atom. The van der Waals surface area contributed by atoms with Crippen LogP contribution < -0.4 is 0 Å². The maximum Gasteiger partial charge on any atom is 0.227 e. The molecular formula is C18H19BrN4O2S2. The Balaban J connectivity index is 1.23. The van der Waals surface area contributed by atoms with Crippen LogP contribution in [0.1, 0.15) is 17.2 Å². The van der Waals surface area contributed by atoms with Gasteiger partial charge in [-0.25, -0.2) is 0 Å². The second-order valence-corrected chi connectivity index (χ2v) is 9.71. The monoisotopic (exact) mass is 466 g/mol. The van der Waals surface area contributed by atoms with Crippen molar-refractivity contribution in [2.45, 2.75) is 19.4 Å². The van der Waals surface area contributed by atoms with E-state index >= 15 is 0 Å². The molecule has 1 saturated heterocycles. The molecule has 142 valence electrons. The lowest BCUT2D eigenvalue weighted by Gasteiger charge is -2.34. The minimum absolute atomic E-state index is 0.156. The zero-order valence-electron chi connectivity index (χ0n) is 14.6. The van der Waals surface area contributed by atoms with Crippen molar-refractivity contribution in [3.05, 3.63) is 43.5 Å². The van der Waals surface area contributed by atoms with Gasteiger partial charge in [-0.15, -0.1) is 11.3 Å². The predicted molar refractivity (Wildman–Crippen MR) is 110 cm³/mol. The number of nitrogens with zero attached hydrogens (tertiary/aromatic N) is 4. The number of hydrogen-bond donors (Lipinski definition) is 0. The van der Waals surface area contributed by atoms with Gasteiger partial charge >= 0.3 is 0 Å². The van der Waals surface area contributed by atoms with Crippen LogP contribution in [0.5, 0.6) is 0 Å². The van der Waals surface area contributed by atoms with Crippen LogP contribution in [0.2, 0.25) is 0 Å². The molecule has 1 aliphatic heterocycles. The smallest absolute Gasteiger partial charge is 0.227 e. The molecule has 0 spiro atoms. The number of carbonyl (C=O) groups is 1. The first-order valence-electron chi connectivity index (χ1n) is 8.77. The third-order valence-corrected chi connectivity index (χ3v) is 6.83. The average molecular weight is 467 g/mol. The maximum atomic E-state index is 12.5. The van der Waals surface area contributed by atoms with Crippen molar-refractivity contribution in [1.82, 2.24) is 19.9 Å². The number of rotatable bonds is 6. The fourth-order valence-corrected chi connectivity index (χ4v) is 5.21. The molecule has 27 heavy (non-hydrogen) atoms. The number of halogens is 1. The van der Waals surface area contributed by atoms with Gasteiger partial charge in [-0.05, 0) is 39.5 Å². The molecule has 1 fully saturated rings. The molecule has 0 N–H and O–H groups in total. The van der Waals surface area contributed by atoms with Crippen molar-refractivity contribution in [1.29, 1.82) is 0 Å². The van der Waals surface area contributed by atoms with Crippen molar-refractivity contribution in [2.75, 3.05) is 26.2 Å². The van der Waals surface area contributed by atoms with Gasteiger partial charge in [0, 0.05) is 61.4 Å². The van der Waals surface area contributed by atoms with Crippen LogP contribution in [0, 0.1) is 0 Å². The number of carbonyl (C=O) groups excluding carboxylic acids is 1. The number of thiophene rings is 2. The fraction of sp³-hybridized carbons (Fsp3) is 0.389. The summed E-state index contributed by atoms with van der Waals surface area (Å²) >= 11 is 6.87. The summed E-state index contributed by atoms with van der Waals surface area (Å²) in [6, 6.07) is 6.20. The van der Waals surface area contributed by atoms with Crippen LogP contribution in [0.15, 0.2) is 37.3 Å². The Morgan fingerprint density at radius 2 is 2.07 bits per heavy atom. The van der Waals surface area contributed by atoms with Crippen LogP contribution in [0.25, 0.3) is 11.4 Å². The van der Waals surface area contributed by atoms with Crippen molar-refractivity contribution in [3.63, 3.8) is 0 Å². The summed E-state index contributed by atoms with van der Waals surface area (Å²) in [5.74, 6) is 1.27. The summed E-state index contributed by atoms with van der Waals surface area (Å²) in [6.07, 6.45) is 0.891. The normalized spacial score (nSPS) is 15.4. The second kappa shape index (κ2) is 8.64. The molecular weight excluding hydrogens is 448 g/mol. The largest absolute Gasteiger partial charge is 0.340 e. The van der Waals surface area contributed by atoms with E-state index in [2.05, 4.69) is 43.1 Å². The summed E-state index contributed by atoms with van der Waals surface area (Å²) in [6.45, 7) is 4.31. The van der Waals surface area contributed by atoms with Gasteiger partial charge in [-0.1, -0.05) is 5.16 Å². The number of hydrogen-bond acceptors (Lipinski definition) is 7. The molecule has 4 rings (SSSR count). The lowest BCUT2D eigenvalue weighted by Crippen LogP contribution is -2.48. The van der Waals surface area contributed by atoms with Gasteiger partial charge in [-0.2, -0.15) is 16.3 Å². The first-order valence-corrected chi connectivity index (χ1v) is 11.3. The van der Waals surface area contributed by atoms with E-state index < -0.39 is 0 Å². The summed E-state index contributed by atoms with van der Waals surface area (Å²) in [5, 5.41) is 7.95. The van der Waals surface area contributed by atoms with E-state index in [-0.39, 0.29) is 5.91 Å². The lowest BCUT2D eigenvalue weighted by molar-refractivity contribution is -0.133. The highest BCUT2D eigenvalue weighted by molar-refractivity contribution is 9.11. The lowest BCUT2D eigenvalue weighted by atomic mass is 10.2. The van der Waals surface area contributed by atoms with Gasteiger partial charge in [0.05, 0.1) is 3.79 Å². The third kappa shape index (κ3) is 4.84. The maximum absolute atomic E-state index is 12.5. The van der Waals surface area contributed by atoms with E-state index in [4.69, 9.17) is 4.52 Å². The topological polar surface area (TPSA) is 62.5 Å². The highest BCUT2D eigenvalue weighted by atomic mass is 79.9. The van der Waals surface area contributed by atoms with Gasteiger partial charge in [-0.3, -0.25) is 9.69 Å². The minimum atomic E-state index is 0.156. The molecule has 0 atom stereocenters. The molecule has 0 unspecified atom stereocenters. The first kappa shape index (κ1) is 18.8. The molecule has 4 heterocycles. The van der Waals surface area contributed by atoms with Crippen LogP contribution >= 0.6 is 38.6 Å². The average Bonchev–Trinajstić information content (AvgIpc) is 3.42. The Morgan fingerprint density at radius 3 is 2.78 bits per heavy atom. The first-order chi connectivity index (χ1) is 13.2. The molecule has 3 aromatic heterocycles. The number of piperazine rings is 1. The Kier molecular flexibility index (Phi) is 6.01. The van der Waals surface area contributed by atoms with E-state index in [0.717, 1.165) is 42.1 Å². The molecule has 0 radical (unpaired) electrons. The standard InChI is InChI=1S/C18H19BrN4O2S2/c19-15-2-1-14(27-15)11-22-6-8-23(9-7-22)17(24)4-3-16-20-18(21-25-16)13-5-10-26-12-13/h1-2,5,10,12H,3-4,6-9,11H2. The molecule has 3 aromatic rings. The molecule has 0 aromatic carbocycles. The van der Waals surface area contributed by atoms with Gasteiger partial charge in [0.25, 0.3) is 0 Å². The molecule has 0 saturated carbocycles. The minimum Gasteiger partial charge on any atom is -0.340 e. The Hall–Kier alpha value is -1.55. The molecule has 0 aliphatic carbocycles. The summed E-state index contributed by atoms with van der Waals surface area (Å²) < 4.78 is 6.44. The van der Waals surface area contributed by atoms with Crippen molar-refractivity contribution in [2.24, 2.45) is 0 Å². The van der Waals surface area contributed by atoms with E-state index in [1.807, 2.05) is 21.7 Å². The van der Waals surface area contributed by atoms with Crippen LogP contribution in [0.3, 0.4) is 0 Å². The van der Waals surface area contributed by atoms with Crippen molar-refractivity contribution in [3.8, 4) is 11.4 Å². The van der Waals surface area contributed by atoms with E-state index in [1.54, 1.807) is 22.7 Å². The SMILES string of the molecule is O=C(CCc1nc(-c2ccsc2)no1)N1CCN(Cc2ccc(Br)s2)CC1. The predicted octanol–water partition coefficient (Wildman–Crippen LogP) is 3.90. The molecule has 1 aliphatic rings. The van der Waals surface area contributed by atoms with Crippen molar-refractivity contribution < 1.29 is 9.32 Å². The van der Waals surface area contributed by atoms with Crippen LogP contribution in [-0.2, 0) is 17.8 Å². The molecule has 0 bridgehead atoms.